The van der Waals surface area contributed by atoms with Crippen LogP contribution in [0.5, 0.6) is 0 Å². The minimum absolute atomic E-state index is 0.177. The van der Waals surface area contributed by atoms with Crippen molar-refractivity contribution in [1.82, 2.24) is 4.90 Å². The van der Waals surface area contributed by atoms with Gasteiger partial charge in [-0.1, -0.05) is 12.1 Å². The zero-order chi connectivity index (χ0) is 13.0. The quantitative estimate of drug-likeness (QED) is 0.850. The van der Waals surface area contributed by atoms with Gasteiger partial charge >= 0.3 is 0 Å². The van der Waals surface area contributed by atoms with Crippen LogP contribution in [0.2, 0.25) is 0 Å². The molecule has 100 valence electrons. The molecule has 1 aromatic rings. The van der Waals surface area contributed by atoms with Gasteiger partial charge in [0, 0.05) is 32.3 Å². The van der Waals surface area contributed by atoms with Crippen LogP contribution < -0.4 is 5.73 Å². The van der Waals surface area contributed by atoms with Crippen LogP contribution in [0, 0.1) is 11.7 Å². The molecule has 3 N–H and O–H groups in total. The summed E-state index contributed by atoms with van der Waals surface area (Å²) in [7, 11) is 0. The fraction of sp³-hybridized carbons (Fsp3) is 0.571. The number of nitrogens with zero attached hydrogens (tertiary/aromatic N) is 1. The summed E-state index contributed by atoms with van der Waals surface area (Å²) in [4.78, 5) is 2.29. The van der Waals surface area contributed by atoms with E-state index in [-0.39, 0.29) is 18.5 Å². The van der Waals surface area contributed by atoms with Crippen molar-refractivity contribution >= 4 is 0 Å². The van der Waals surface area contributed by atoms with Crippen molar-refractivity contribution in [1.29, 1.82) is 0 Å². The molecule has 2 unspecified atom stereocenters. The van der Waals surface area contributed by atoms with E-state index < -0.39 is 0 Å². The first-order chi connectivity index (χ1) is 8.67. The molecule has 1 aliphatic rings. The van der Waals surface area contributed by atoms with E-state index in [1.54, 1.807) is 0 Å². The van der Waals surface area contributed by atoms with Gasteiger partial charge in [0.25, 0.3) is 0 Å². The summed E-state index contributed by atoms with van der Waals surface area (Å²) >= 11 is 0. The maximum atomic E-state index is 12.8. The Labute approximate surface area is 107 Å². The van der Waals surface area contributed by atoms with Crippen molar-refractivity contribution in [3.8, 4) is 0 Å². The van der Waals surface area contributed by atoms with Crippen molar-refractivity contribution < 1.29 is 9.50 Å². The minimum atomic E-state index is -0.202. The van der Waals surface area contributed by atoms with E-state index in [1.165, 1.54) is 12.1 Å². The molecule has 1 aromatic carbocycles. The lowest BCUT2D eigenvalue weighted by molar-refractivity contribution is 0.128. The lowest BCUT2D eigenvalue weighted by atomic mass is 9.92. The molecule has 0 amide bonds. The highest BCUT2D eigenvalue weighted by Crippen LogP contribution is 2.20. The predicted octanol–water partition coefficient (Wildman–Crippen LogP) is 1.36. The predicted molar refractivity (Wildman–Crippen MR) is 69.5 cm³/mol. The van der Waals surface area contributed by atoms with Crippen LogP contribution in [0.3, 0.4) is 0 Å². The first-order valence-corrected chi connectivity index (χ1v) is 6.50. The van der Waals surface area contributed by atoms with Crippen LogP contribution in [0.25, 0.3) is 0 Å². The number of benzene rings is 1. The Morgan fingerprint density at radius 2 is 2.00 bits per heavy atom. The Kier molecular flexibility index (Phi) is 4.69. The second kappa shape index (κ2) is 6.27. The molecule has 4 heteroatoms. The van der Waals surface area contributed by atoms with Gasteiger partial charge in [-0.05, 0) is 36.5 Å². The fourth-order valence-electron chi connectivity index (χ4n) is 2.72. The third-order valence-electron chi connectivity index (χ3n) is 3.50. The maximum Gasteiger partial charge on any atom is 0.123 e. The number of aliphatic hydroxyl groups excluding tert-OH is 1. The van der Waals surface area contributed by atoms with Crippen molar-refractivity contribution in [2.24, 2.45) is 11.7 Å². The summed E-state index contributed by atoms with van der Waals surface area (Å²) in [5, 5.41) is 9.01. The zero-order valence-corrected chi connectivity index (χ0v) is 10.6. The zero-order valence-electron chi connectivity index (χ0n) is 10.6. The summed E-state index contributed by atoms with van der Waals surface area (Å²) < 4.78 is 12.8. The molecular formula is C14H21FN2O. The number of rotatable bonds is 4. The maximum absolute atomic E-state index is 12.8. The van der Waals surface area contributed by atoms with Gasteiger partial charge in [0.05, 0.1) is 0 Å². The second-order valence-corrected chi connectivity index (χ2v) is 5.19. The summed E-state index contributed by atoms with van der Waals surface area (Å²) in [6, 6.07) is 6.79. The van der Waals surface area contributed by atoms with Gasteiger partial charge in [-0.2, -0.15) is 0 Å². The van der Waals surface area contributed by atoms with Gasteiger partial charge in [0.2, 0.25) is 0 Å². The standard InChI is InChI=1S/C14H21FN2O/c15-13-3-1-11(2-4-13)8-17-9-12(5-6-18)7-14(16)10-17/h1-4,12,14,18H,5-10,16H2. The minimum Gasteiger partial charge on any atom is -0.396 e. The topological polar surface area (TPSA) is 49.5 Å². The second-order valence-electron chi connectivity index (χ2n) is 5.19. The highest BCUT2D eigenvalue weighted by Gasteiger charge is 2.24. The van der Waals surface area contributed by atoms with E-state index in [9.17, 15) is 4.39 Å². The van der Waals surface area contributed by atoms with Crippen LogP contribution in [0.1, 0.15) is 18.4 Å². The molecule has 2 rings (SSSR count). The summed E-state index contributed by atoms with van der Waals surface area (Å²) in [5.74, 6) is 0.270. The lowest BCUT2D eigenvalue weighted by Gasteiger charge is -2.36. The summed E-state index contributed by atoms with van der Waals surface area (Å²) in [6.07, 6.45) is 1.80. The van der Waals surface area contributed by atoms with Gasteiger partial charge in [0.1, 0.15) is 5.82 Å². The van der Waals surface area contributed by atoms with Crippen LogP contribution in [-0.2, 0) is 6.54 Å². The Morgan fingerprint density at radius 3 is 2.67 bits per heavy atom. The molecule has 1 aliphatic heterocycles. The number of hydrogen-bond donors (Lipinski definition) is 2. The van der Waals surface area contributed by atoms with E-state index in [2.05, 4.69) is 4.90 Å². The molecule has 3 nitrogen and oxygen atoms in total. The van der Waals surface area contributed by atoms with Gasteiger partial charge in [-0.15, -0.1) is 0 Å². The van der Waals surface area contributed by atoms with E-state index >= 15 is 0 Å². The van der Waals surface area contributed by atoms with Crippen LogP contribution in [0.15, 0.2) is 24.3 Å². The van der Waals surface area contributed by atoms with Crippen LogP contribution >= 0.6 is 0 Å². The molecule has 0 radical (unpaired) electrons. The van der Waals surface area contributed by atoms with Crippen molar-refractivity contribution in [2.75, 3.05) is 19.7 Å². The Balaban J connectivity index is 1.93. The molecular weight excluding hydrogens is 231 g/mol. The molecule has 0 saturated carbocycles. The normalized spacial score (nSPS) is 25.3. The smallest absolute Gasteiger partial charge is 0.123 e. The van der Waals surface area contributed by atoms with Crippen molar-refractivity contribution in [3.05, 3.63) is 35.6 Å². The molecule has 0 spiro atoms. The monoisotopic (exact) mass is 252 g/mol. The molecule has 0 aromatic heterocycles. The van der Waals surface area contributed by atoms with E-state index in [0.717, 1.165) is 38.0 Å². The number of likely N-dealkylation sites (tertiary alicyclic amines) is 1. The van der Waals surface area contributed by atoms with Crippen molar-refractivity contribution in [3.63, 3.8) is 0 Å². The van der Waals surface area contributed by atoms with E-state index in [0.29, 0.717) is 5.92 Å². The third-order valence-corrected chi connectivity index (χ3v) is 3.50. The largest absolute Gasteiger partial charge is 0.396 e. The molecule has 1 fully saturated rings. The Hall–Kier alpha value is -0.970. The number of halogens is 1. The average Bonchev–Trinajstić information content (AvgIpc) is 2.32. The van der Waals surface area contributed by atoms with E-state index in [4.69, 9.17) is 10.8 Å². The first kappa shape index (κ1) is 13.5. The van der Waals surface area contributed by atoms with Gasteiger partial charge in [0.15, 0.2) is 0 Å². The van der Waals surface area contributed by atoms with Crippen LogP contribution in [-0.4, -0.2) is 35.7 Å². The number of piperidine rings is 1. The fourth-order valence-corrected chi connectivity index (χ4v) is 2.72. The molecule has 1 heterocycles. The lowest BCUT2D eigenvalue weighted by Crippen LogP contribution is -2.46. The molecule has 0 bridgehead atoms. The Morgan fingerprint density at radius 1 is 1.28 bits per heavy atom. The van der Waals surface area contributed by atoms with Crippen LogP contribution in [0.4, 0.5) is 4.39 Å². The van der Waals surface area contributed by atoms with Gasteiger partial charge in [-0.25, -0.2) is 4.39 Å². The number of aliphatic hydroxyl groups is 1. The number of hydrogen-bond acceptors (Lipinski definition) is 3. The van der Waals surface area contributed by atoms with E-state index in [1.807, 2.05) is 12.1 Å². The highest BCUT2D eigenvalue weighted by molar-refractivity contribution is 5.16. The summed E-state index contributed by atoms with van der Waals surface area (Å²) in [6.45, 7) is 2.86. The van der Waals surface area contributed by atoms with Gasteiger partial charge in [-0.3, -0.25) is 4.90 Å². The van der Waals surface area contributed by atoms with Crippen molar-refractivity contribution in [2.45, 2.75) is 25.4 Å². The summed E-state index contributed by atoms with van der Waals surface area (Å²) in [5.41, 5.74) is 7.15. The molecule has 2 atom stereocenters. The third kappa shape index (κ3) is 3.77. The molecule has 18 heavy (non-hydrogen) atoms. The molecule has 0 aliphatic carbocycles. The highest BCUT2D eigenvalue weighted by atomic mass is 19.1. The Bertz CT molecular complexity index is 369. The SMILES string of the molecule is NC1CC(CCO)CN(Cc2ccc(F)cc2)C1. The first-order valence-electron chi connectivity index (χ1n) is 6.50. The van der Waals surface area contributed by atoms with Gasteiger partial charge < -0.3 is 10.8 Å². The molecule has 1 saturated heterocycles. The number of nitrogens with two attached hydrogens (primary N) is 1. The average molecular weight is 252 g/mol.